The Bertz CT molecular complexity index is 538. The largest absolute Gasteiger partial charge is 0.272 e. The van der Waals surface area contributed by atoms with E-state index in [4.69, 9.17) is 0 Å². The van der Waals surface area contributed by atoms with Crippen LogP contribution in [0.3, 0.4) is 0 Å². The van der Waals surface area contributed by atoms with Gasteiger partial charge in [-0.3, -0.25) is 40.9 Å². The fourth-order valence-corrected chi connectivity index (χ4v) is 2.26. The minimum absolute atomic E-state index is 0.431. The van der Waals surface area contributed by atoms with E-state index in [1.54, 1.807) is 24.3 Å². The van der Waals surface area contributed by atoms with Gasteiger partial charge in [0, 0.05) is 0 Å². The molecule has 2 saturated heterocycles. The third kappa shape index (κ3) is 1.78. The summed E-state index contributed by atoms with van der Waals surface area (Å²) in [5, 5.41) is 0. The molecule has 0 spiro atoms. The van der Waals surface area contributed by atoms with Crippen molar-refractivity contribution < 1.29 is 19.2 Å². The molecule has 2 aliphatic heterocycles. The molecule has 102 valence electrons. The molecule has 0 unspecified atom stereocenters. The number of nitrogens with one attached hydrogen (secondary N) is 4. The first-order valence-corrected chi connectivity index (χ1v) is 5.87. The molecule has 2 aliphatic rings. The summed E-state index contributed by atoms with van der Waals surface area (Å²) in [5.74, 6) is -3.54. The van der Waals surface area contributed by atoms with Crippen molar-refractivity contribution in [2.75, 3.05) is 0 Å². The molecule has 3 rings (SSSR count). The van der Waals surface area contributed by atoms with Gasteiger partial charge in [-0.15, -0.1) is 0 Å². The lowest BCUT2D eigenvalue weighted by atomic mass is 9.93. The minimum atomic E-state index is -0.907. The molecule has 2 fully saturated rings. The van der Waals surface area contributed by atoms with Gasteiger partial charge in [0.05, 0.1) is 0 Å². The molecule has 8 heteroatoms. The number of benzene rings is 1. The maximum absolute atomic E-state index is 11.5. The van der Waals surface area contributed by atoms with Gasteiger partial charge in [-0.05, 0) is 11.1 Å². The van der Waals surface area contributed by atoms with Crippen LogP contribution in [0.2, 0.25) is 0 Å². The van der Waals surface area contributed by atoms with Crippen molar-refractivity contribution >= 4 is 23.6 Å². The topological polar surface area (TPSA) is 116 Å². The lowest BCUT2D eigenvalue weighted by molar-refractivity contribution is -0.126. The van der Waals surface area contributed by atoms with Gasteiger partial charge >= 0.3 is 0 Å². The fraction of sp³-hybridized carbons (Fsp3) is 0.167. The number of hydrazine groups is 2. The highest BCUT2D eigenvalue weighted by atomic mass is 16.2. The zero-order valence-electron chi connectivity index (χ0n) is 10.1. The van der Waals surface area contributed by atoms with E-state index in [1.165, 1.54) is 0 Å². The lowest BCUT2D eigenvalue weighted by Crippen LogP contribution is -2.28. The van der Waals surface area contributed by atoms with E-state index in [0.717, 1.165) is 0 Å². The number of carbonyl (C=O) groups excluding carboxylic acids is 4. The van der Waals surface area contributed by atoms with Crippen molar-refractivity contribution in [3.63, 3.8) is 0 Å². The van der Waals surface area contributed by atoms with Gasteiger partial charge < -0.3 is 0 Å². The normalized spacial score (nSPS) is 19.6. The average Bonchev–Trinajstić information content (AvgIpc) is 2.94. The van der Waals surface area contributed by atoms with Crippen LogP contribution >= 0.6 is 0 Å². The second-order valence-corrected chi connectivity index (χ2v) is 4.49. The van der Waals surface area contributed by atoms with Gasteiger partial charge in [0.2, 0.25) is 0 Å². The van der Waals surface area contributed by atoms with Crippen LogP contribution in [-0.4, -0.2) is 23.6 Å². The third-order valence-electron chi connectivity index (χ3n) is 3.27. The second-order valence-electron chi connectivity index (χ2n) is 4.49. The van der Waals surface area contributed by atoms with Crippen LogP contribution in [0, 0.1) is 0 Å². The first-order chi connectivity index (χ1) is 9.58. The minimum Gasteiger partial charge on any atom is -0.272 e. The summed E-state index contributed by atoms with van der Waals surface area (Å²) in [4.78, 5) is 46.0. The predicted octanol–water partition coefficient (Wildman–Crippen LogP) is -1.82. The van der Waals surface area contributed by atoms with Gasteiger partial charge in [0.25, 0.3) is 23.6 Å². The molecule has 1 aromatic carbocycles. The smallest absolute Gasteiger partial charge is 0.255 e. The highest BCUT2D eigenvalue weighted by molar-refractivity contribution is 6.11. The van der Waals surface area contributed by atoms with Crippen LogP contribution in [0.15, 0.2) is 24.3 Å². The highest BCUT2D eigenvalue weighted by Crippen LogP contribution is 2.24. The third-order valence-corrected chi connectivity index (χ3v) is 3.27. The Morgan fingerprint density at radius 1 is 0.550 bits per heavy atom. The second kappa shape index (κ2) is 4.34. The Labute approximate surface area is 112 Å². The SMILES string of the molecule is O=C1NNC(=O)C1c1ccc(C2C(=O)NNC2=O)cc1. The van der Waals surface area contributed by atoms with Crippen molar-refractivity contribution in [3.05, 3.63) is 35.4 Å². The summed E-state index contributed by atoms with van der Waals surface area (Å²) < 4.78 is 0. The van der Waals surface area contributed by atoms with Gasteiger partial charge in [-0.1, -0.05) is 24.3 Å². The monoisotopic (exact) mass is 274 g/mol. The Balaban J connectivity index is 1.88. The molecule has 0 bridgehead atoms. The number of rotatable bonds is 2. The molecule has 4 amide bonds. The van der Waals surface area contributed by atoms with Gasteiger partial charge in [0.1, 0.15) is 11.8 Å². The highest BCUT2D eigenvalue weighted by Gasteiger charge is 2.36. The molecule has 0 radical (unpaired) electrons. The Morgan fingerprint density at radius 2 is 0.800 bits per heavy atom. The van der Waals surface area contributed by atoms with Crippen molar-refractivity contribution in [3.8, 4) is 0 Å². The zero-order chi connectivity index (χ0) is 14.3. The summed E-state index contributed by atoms with van der Waals surface area (Å²) in [6.45, 7) is 0. The zero-order valence-corrected chi connectivity index (χ0v) is 10.1. The first-order valence-electron chi connectivity index (χ1n) is 5.87. The maximum atomic E-state index is 11.5. The van der Waals surface area contributed by atoms with Crippen LogP contribution in [0.4, 0.5) is 0 Å². The first kappa shape index (κ1) is 12.2. The number of amides is 4. The van der Waals surface area contributed by atoms with E-state index in [1.807, 2.05) is 0 Å². The number of carbonyl (C=O) groups is 4. The Morgan fingerprint density at radius 3 is 1.05 bits per heavy atom. The molecule has 20 heavy (non-hydrogen) atoms. The van der Waals surface area contributed by atoms with Crippen LogP contribution in [-0.2, 0) is 19.2 Å². The number of hydrogen-bond donors (Lipinski definition) is 4. The van der Waals surface area contributed by atoms with E-state index in [0.29, 0.717) is 11.1 Å². The van der Waals surface area contributed by atoms with E-state index < -0.39 is 35.5 Å². The molecule has 4 N–H and O–H groups in total. The fourth-order valence-electron chi connectivity index (χ4n) is 2.26. The Hall–Kier alpha value is -2.90. The summed E-state index contributed by atoms with van der Waals surface area (Å²) in [6.07, 6.45) is 0. The summed E-state index contributed by atoms with van der Waals surface area (Å²) in [6, 6.07) is 6.24. The van der Waals surface area contributed by atoms with Crippen LogP contribution < -0.4 is 21.7 Å². The molecule has 1 aromatic rings. The van der Waals surface area contributed by atoms with Crippen molar-refractivity contribution in [2.45, 2.75) is 11.8 Å². The molecule has 0 aromatic heterocycles. The maximum Gasteiger partial charge on any atom is 0.255 e. The van der Waals surface area contributed by atoms with Crippen molar-refractivity contribution in [1.82, 2.24) is 21.7 Å². The molecule has 0 saturated carbocycles. The van der Waals surface area contributed by atoms with Crippen LogP contribution in [0.25, 0.3) is 0 Å². The van der Waals surface area contributed by atoms with Gasteiger partial charge in [-0.2, -0.15) is 0 Å². The van der Waals surface area contributed by atoms with Gasteiger partial charge in [-0.25, -0.2) is 0 Å². The van der Waals surface area contributed by atoms with E-state index >= 15 is 0 Å². The van der Waals surface area contributed by atoms with E-state index in [-0.39, 0.29) is 0 Å². The van der Waals surface area contributed by atoms with Gasteiger partial charge in [0.15, 0.2) is 0 Å². The van der Waals surface area contributed by atoms with Crippen molar-refractivity contribution in [2.24, 2.45) is 0 Å². The van der Waals surface area contributed by atoms with Crippen molar-refractivity contribution in [1.29, 1.82) is 0 Å². The molecular weight excluding hydrogens is 264 g/mol. The number of hydrogen-bond acceptors (Lipinski definition) is 4. The predicted molar refractivity (Wildman–Crippen MR) is 64.5 cm³/mol. The lowest BCUT2D eigenvalue weighted by Gasteiger charge is -2.08. The molecule has 2 heterocycles. The van der Waals surface area contributed by atoms with E-state index in [9.17, 15) is 19.2 Å². The molecular formula is C12H10N4O4. The summed E-state index contributed by atoms with van der Waals surface area (Å²) >= 11 is 0. The van der Waals surface area contributed by atoms with Crippen LogP contribution in [0.5, 0.6) is 0 Å². The molecule has 8 nitrogen and oxygen atoms in total. The molecule has 0 aliphatic carbocycles. The Kier molecular flexibility index (Phi) is 2.63. The average molecular weight is 274 g/mol. The quantitative estimate of drug-likeness (QED) is 0.475. The van der Waals surface area contributed by atoms with Crippen LogP contribution in [0.1, 0.15) is 23.0 Å². The molecule has 0 atom stereocenters. The standard InChI is InChI=1S/C12H10N4O4/c17-9-7(10(18)14-13-9)5-1-2-6(4-3-5)8-11(19)15-16-12(8)20/h1-4,7-8H,(H,13,17)(H,14,18)(H,15,19)(H,16,20). The summed E-state index contributed by atoms with van der Waals surface area (Å²) in [5.41, 5.74) is 9.94. The summed E-state index contributed by atoms with van der Waals surface area (Å²) in [7, 11) is 0. The van der Waals surface area contributed by atoms with E-state index in [2.05, 4.69) is 21.7 Å².